The van der Waals surface area contributed by atoms with Gasteiger partial charge in [0.1, 0.15) is 6.10 Å². The second-order valence-corrected chi connectivity index (χ2v) is 12.8. The van der Waals surface area contributed by atoms with Crippen LogP contribution in [0.5, 0.6) is 0 Å². The normalized spacial score (nSPS) is 14.8. The van der Waals surface area contributed by atoms with Gasteiger partial charge in [-0.3, -0.25) is 9.35 Å². The quantitative estimate of drug-likeness (QED) is 0.0318. The smallest absolute Gasteiger partial charge is 0.267 e. The predicted octanol–water partition coefficient (Wildman–Crippen LogP) is 7.59. The number of nitrogens with one attached hydrogen (secondary N) is 1. The van der Waals surface area contributed by atoms with Crippen molar-refractivity contribution in [1.82, 2.24) is 5.32 Å². The minimum Gasteiger partial charge on any atom is -0.387 e. The summed E-state index contributed by atoms with van der Waals surface area (Å²) in [6.45, 7) is 4.41. The fourth-order valence-electron chi connectivity index (χ4n) is 4.62. The average molecular weight is 600 g/mol. The number of unbranched alkanes of at least 4 members (excludes halogenated alkanes) is 16. The molecule has 7 nitrogen and oxygen atoms in total. The number of aliphatic hydroxyl groups is 2. The number of amides is 1. The Morgan fingerprint density at radius 3 is 1.66 bits per heavy atom. The molecule has 0 aliphatic carbocycles. The molecule has 3 atom stereocenters. The fourth-order valence-corrected chi connectivity index (χ4v) is 5.35. The van der Waals surface area contributed by atoms with E-state index in [4.69, 9.17) is 0 Å². The van der Waals surface area contributed by atoms with E-state index in [1.165, 1.54) is 63.9 Å². The Bertz CT molecular complexity index is 809. The van der Waals surface area contributed by atoms with Crippen LogP contribution in [0.3, 0.4) is 0 Å². The lowest BCUT2D eigenvalue weighted by molar-refractivity contribution is -0.130. The summed E-state index contributed by atoms with van der Waals surface area (Å²) in [5.74, 6) is -1.56. The Morgan fingerprint density at radius 2 is 1.12 bits per heavy atom. The number of hydrogen-bond donors (Lipinski definition) is 4. The standard InChI is InChI=1S/C33H61NO6S/c1-3-5-7-9-11-13-15-16-17-18-20-22-24-26-28-32(36)33(37)34-30(29-41(38,39)40)31(35)27-25-23-21-19-14-12-10-8-6-4-2/h11,13,15-16,25,27,30-32,35-36H,3-10,12,14,17-24,26,28-29H2,1-2H3,(H,34,37)(H,38,39,40)/b13-11-,16-15-,27-25+. The van der Waals surface area contributed by atoms with Crippen LogP contribution in [0.25, 0.3) is 0 Å². The highest BCUT2D eigenvalue weighted by atomic mass is 32.2. The lowest BCUT2D eigenvalue weighted by atomic mass is 10.1. The maximum atomic E-state index is 12.5. The van der Waals surface area contributed by atoms with Gasteiger partial charge in [0.05, 0.1) is 17.9 Å². The number of carbonyl (C=O) groups excluding carboxylic acids is 1. The van der Waals surface area contributed by atoms with Crippen molar-refractivity contribution in [3.05, 3.63) is 36.5 Å². The molecule has 0 spiro atoms. The van der Waals surface area contributed by atoms with Crippen LogP contribution >= 0.6 is 0 Å². The molecule has 0 saturated carbocycles. The highest BCUT2D eigenvalue weighted by Gasteiger charge is 2.27. The number of carbonyl (C=O) groups is 1. The third kappa shape index (κ3) is 27.1. The van der Waals surface area contributed by atoms with Crippen LogP contribution in [0.4, 0.5) is 0 Å². The van der Waals surface area contributed by atoms with E-state index in [1.807, 2.05) is 0 Å². The first-order valence-corrected chi connectivity index (χ1v) is 17.9. The first-order valence-electron chi connectivity index (χ1n) is 16.3. The molecule has 0 aromatic carbocycles. The zero-order chi connectivity index (χ0) is 30.6. The van der Waals surface area contributed by atoms with Crippen molar-refractivity contribution in [1.29, 1.82) is 0 Å². The van der Waals surface area contributed by atoms with Crippen molar-refractivity contribution >= 4 is 16.0 Å². The van der Waals surface area contributed by atoms with Gasteiger partial charge in [-0.05, 0) is 44.9 Å². The van der Waals surface area contributed by atoms with Crippen molar-refractivity contribution < 1.29 is 28.0 Å². The number of rotatable bonds is 28. The number of allylic oxidation sites excluding steroid dienone is 5. The molecule has 0 aliphatic heterocycles. The van der Waals surface area contributed by atoms with Crippen LogP contribution in [0.2, 0.25) is 0 Å². The van der Waals surface area contributed by atoms with E-state index in [9.17, 15) is 28.0 Å². The molecule has 1 amide bonds. The van der Waals surface area contributed by atoms with Gasteiger partial charge in [0.15, 0.2) is 0 Å². The number of aliphatic hydroxyl groups excluding tert-OH is 2. The first kappa shape index (κ1) is 39.5. The van der Waals surface area contributed by atoms with Crippen LogP contribution in [0.1, 0.15) is 142 Å². The lowest BCUT2D eigenvalue weighted by Crippen LogP contribution is -2.50. The maximum absolute atomic E-state index is 12.5. The summed E-state index contributed by atoms with van der Waals surface area (Å²) >= 11 is 0. The van der Waals surface area contributed by atoms with Gasteiger partial charge in [0.25, 0.3) is 10.1 Å². The van der Waals surface area contributed by atoms with E-state index in [-0.39, 0.29) is 6.42 Å². The van der Waals surface area contributed by atoms with Gasteiger partial charge in [0.2, 0.25) is 5.91 Å². The lowest BCUT2D eigenvalue weighted by Gasteiger charge is -2.22. The monoisotopic (exact) mass is 599 g/mol. The second-order valence-electron chi connectivity index (χ2n) is 11.3. The van der Waals surface area contributed by atoms with Crippen molar-refractivity contribution in [3.8, 4) is 0 Å². The Labute approximate surface area is 251 Å². The fraction of sp³-hybridized carbons (Fsp3) is 0.788. The molecule has 240 valence electrons. The van der Waals surface area contributed by atoms with E-state index >= 15 is 0 Å². The first-order chi connectivity index (χ1) is 19.7. The largest absolute Gasteiger partial charge is 0.387 e. The topological polar surface area (TPSA) is 124 Å². The molecule has 0 heterocycles. The van der Waals surface area contributed by atoms with Crippen molar-refractivity contribution in [2.45, 2.75) is 161 Å². The summed E-state index contributed by atoms with van der Waals surface area (Å²) in [6.07, 6.45) is 30.6. The summed E-state index contributed by atoms with van der Waals surface area (Å²) in [6, 6.07) is -1.23. The molecule has 0 aromatic heterocycles. The molecule has 0 rings (SSSR count). The summed E-state index contributed by atoms with van der Waals surface area (Å²) in [4.78, 5) is 12.5. The molecule has 41 heavy (non-hydrogen) atoms. The molecule has 0 bridgehead atoms. The van der Waals surface area contributed by atoms with Gasteiger partial charge in [-0.15, -0.1) is 0 Å². The highest BCUT2D eigenvalue weighted by Crippen LogP contribution is 2.12. The molecule has 3 unspecified atom stereocenters. The van der Waals surface area contributed by atoms with Gasteiger partial charge in [-0.1, -0.05) is 134 Å². The Morgan fingerprint density at radius 1 is 0.683 bits per heavy atom. The van der Waals surface area contributed by atoms with Crippen LogP contribution in [0.15, 0.2) is 36.5 Å². The molecule has 0 aromatic rings. The van der Waals surface area contributed by atoms with Crippen molar-refractivity contribution in [3.63, 3.8) is 0 Å². The minimum absolute atomic E-state index is 0.261. The van der Waals surface area contributed by atoms with Gasteiger partial charge < -0.3 is 15.5 Å². The second kappa shape index (κ2) is 27.4. The van der Waals surface area contributed by atoms with Crippen molar-refractivity contribution in [2.75, 3.05) is 5.75 Å². The molecular weight excluding hydrogens is 538 g/mol. The van der Waals surface area contributed by atoms with E-state index < -0.39 is 40.0 Å². The van der Waals surface area contributed by atoms with Gasteiger partial charge in [0, 0.05) is 0 Å². The van der Waals surface area contributed by atoms with Crippen LogP contribution < -0.4 is 5.32 Å². The molecule has 4 N–H and O–H groups in total. The zero-order valence-corrected chi connectivity index (χ0v) is 26.8. The number of hydrogen-bond acceptors (Lipinski definition) is 5. The maximum Gasteiger partial charge on any atom is 0.267 e. The van der Waals surface area contributed by atoms with Gasteiger partial charge >= 0.3 is 0 Å². The molecule has 0 fully saturated rings. The minimum atomic E-state index is -4.43. The molecule has 0 aliphatic rings. The Balaban J connectivity index is 4.24. The summed E-state index contributed by atoms with van der Waals surface area (Å²) < 4.78 is 32.2. The SMILES string of the molecule is CCCCC/C=C\C=C/CCCCCCCC(O)C(=O)NC(CS(=O)(=O)O)C(O)/C=C/CCCCCCCCCC. The van der Waals surface area contributed by atoms with Crippen LogP contribution in [0, 0.1) is 0 Å². The van der Waals surface area contributed by atoms with Crippen molar-refractivity contribution in [2.24, 2.45) is 0 Å². The zero-order valence-electron chi connectivity index (χ0n) is 26.0. The van der Waals surface area contributed by atoms with Crippen LogP contribution in [-0.2, 0) is 14.9 Å². The van der Waals surface area contributed by atoms with Gasteiger partial charge in [-0.25, -0.2) is 0 Å². The summed E-state index contributed by atoms with van der Waals surface area (Å²) in [5, 5.41) is 23.1. The predicted molar refractivity (Wildman–Crippen MR) is 171 cm³/mol. The third-order valence-corrected chi connectivity index (χ3v) is 7.98. The van der Waals surface area contributed by atoms with E-state index in [1.54, 1.807) is 6.08 Å². The molecule has 0 saturated heterocycles. The Kier molecular flexibility index (Phi) is 26.4. The molecular formula is C33H61NO6S. The molecule has 0 radical (unpaired) electrons. The van der Waals surface area contributed by atoms with E-state index in [0.717, 1.165) is 57.8 Å². The van der Waals surface area contributed by atoms with Gasteiger partial charge in [-0.2, -0.15) is 8.42 Å². The van der Waals surface area contributed by atoms with E-state index in [0.29, 0.717) is 6.42 Å². The third-order valence-electron chi connectivity index (χ3n) is 7.20. The molecule has 8 heteroatoms. The Hall–Kier alpha value is -1.48. The van der Waals surface area contributed by atoms with Crippen LogP contribution in [-0.4, -0.2) is 53.1 Å². The average Bonchev–Trinajstić information content (AvgIpc) is 2.92. The highest BCUT2D eigenvalue weighted by molar-refractivity contribution is 7.85. The summed E-state index contributed by atoms with van der Waals surface area (Å²) in [5.41, 5.74) is 0. The van der Waals surface area contributed by atoms with E-state index in [2.05, 4.69) is 43.5 Å². The summed E-state index contributed by atoms with van der Waals surface area (Å²) in [7, 11) is -4.43.